The summed E-state index contributed by atoms with van der Waals surface area (Å²) in [5, 5.41) is 13.4. The van der Waals surface area contributed by atoms with Crippen molar-refractivity contribution in [2.75, 3.05) is 0 Å². The summed E-state index contributed by atoms with van der Waals surface area (Å²) >= 11 is -0.277. The Hall–Kier alpha value is -2.04. The molecule has 0 amide bonds. The van der Waals surface area contributed by atoms with E-state index in [0.717, 1.165) is 0 Å². The standard InChI is InChI=1S/C33H40ISi3.CHF3O3S/c1-35(2,3)29-16-15-23-17-24-19-27-22-31(36(4,5)6)33(37(7,8)9)32(34-28-13-11-10-12-14-28)30(27)21-26(24)18-25(23)20-29;2-1(3,4)8(5,6)7/h10-22H,1-9H3;(H,5,6,7)/q+1;/p-1. The van der Waals surface area contributed by atoms with Gasteiger partial charge in [0, 0.05) is 5.39 Å². The monoisotopic (exact) mass is 796 g/mol. The van der Waals surface area contributed by atoms with Crippen molar-refractivity contribution >= 4 is 82.2 Å². The van der Waals surface area contributed by atoms with Crippen LogP contribution in [0.2, 0.25) is 58.9 Å². The molecule has 0 radical (unpaired) electrons. The molecule has 5 aromatic rings. The first-order valence-electron chi connectivity index (χ1n) is 14.7. The van der Waals surface area contributed by atoms with Gasteiger partial charge in [-0.15, -0.1) is 0 Å². The summed E-state index contributed by atoms with van der Waals surface area (Å²) in [7, 11) is -10.6. The van der Waals surface area contributed by atoms with Gasteiger partial charge in [-0.25, -0.2) is 8.42 Å². The van der Waals surface area contributed by atoms with E-state index in [1.165, 1.54) is 41.1 Å². The second kappa shape index (κ2) is 12.5. The molecule has 0 bridgehead atoms. The lowest BCUT2D eigenvalue weighted by atomic mass is 10.00. The fourth-order valence-corrected chi connectivity index (χ4v) is 17.6. The van der Waals surface area contributed by atoms with E-state index in [4.69, 9.17) is 13.0 Å². The van der Waals surface area contributed by atoms with E-state index < -0.39 is 39.8 Å². The minimum absolute atomic E-state index is 0.277. The van der Waals surface area contributed by atoms with Gasteiger partial charge in [0.1, 0.15) is 0 Å². The summed E-state index contributed by atoms with van der Waals surface area (Å²) in [5.74, 6) is 0. The fraction of sp³-hybridized carbons (Fsp3) is 0.294. The molecule has 0 spiro atoms. The van der Waals surface area contributed by atoms with Crippen molar-refractivity contribution in [2.45, 2.75) is 64.4 Å². The number of rotatable bonds is 5. The first-order chi connectivity index (χ1) is 20.5. The molecule has 3 nitrogen and oxygen atoms in total. The molecule has 5 rings (SSSR count). The molecule has 0 aliphatic rings. The van der Waals surface area contributed by atoms with Crippen LogP contribution >= 0.6 is 0 Å². The normalized spacial score (nSPS) is 13.3. The van der Waals surface area contributed by atoms with Gasteiger partial charge in [-0.3, -0.25) is 0 Å². The molecule has 0 unspecified atom stereocenters. The Morgan fingerprint density at radius 3 is 1.64 bits per heavy atom. The summed E-state index contributed by atoms with van der Waals surface area (Å²) in [5.41, 5.74) is -5.65. The fourth-order valence-electron chi connectivity index (χ4n) is 5.33. The Morgan fingerprint density at radius 2 is 1.13 bits per heavy atom. The van der Waals surface area contributed by atoms with Gasteiger partial charge in [0.25, 0.3) is 0 Å². The van der Waals surface area contributed by atoms with Crippen molar-refractivity contribution < 1.29 is 47.3 Å². The Balaban J connectivity index is 0.000000510. The first-order valence-corrected chi connectivity index (χ1v) is 28.8. The van der Waals surface area contributed by atoms with Crippen molar-refractivity contribution in [3.05, 3.63) is 86.0 Å². The third-order valence-electron chi connectivity index (χ3n) is 7.63. The van der Waals surface area contributed by atoms with E-state index in [2.05, 4.69) is 138 Å². The molecule has 5 aromatic carbocycles. The van der Waals surface area contributed by atoms with E-state index in [0.29, 0.717) is 0 Å². The zero-order valence-corrected chi connectivity index (χ0v) is 33.1. The lowest BCUT2D eigenvalue weighted by molar-refractivity contribution is -0.593. The maximum Gasteiger partial charge on any atom is 0.485 e. The van der Waals surface area contributed by atoms with Crippen molar-refractivity contribution in [3.8, 4) is 0 Å². The summed E-state index contributed by atoms with van der Waals surface area (Å²) < 4.78 is 62.1. The largest absolute Gasteiger partial charge is 0.741 e. The van der Waals surface area contributed by atoms with E-state index in [1.54, 1.807) is 13.9 Å². The molecule has 45 heavy (non-hydrogen) atoms. The zero-order chi connectivity index (χ0) is 33.8. The minimum atomic E-state index is -6.09. The first kappa shape index (κ1) is 35.8. The van der Waals surface area contributed by atoms with E-state index in [9.17, 15) is 13.2 Å². The summed E-state index contributed by atoms with van der Waals surface area (Å²) in [4.78, 5) is 0. The number of alkyl halides is 3. The SMILES string of the molecule is C[Si](C)(C)c1ccc2cc3cc4cc([Si](C)(C)C)c([Si](C)(C)C)c([I+]c5ccccc5)c4cc3cc2c1.O=S(=O)([O-])C(F)(F)F. The number of fused-ring (bicyclic) bond motifs is 3. The molecule has 0 aliphatic carbocycles. The van der Waals surface area contributed by atoms with Crippen molar-refractivity contribution in [1.82, 2.24) is 0 Å². The number of hydrogen-bond donors (Lipinski definition) is 0. The molecule has 240 valence electrons. The molecule has 11 heteroatoms. The lowest BCUT2D eigenvalue weighted by Crippen LogP contribution is -3.62. The van der Waals surface area contributed by atoms with Crippen LogP contribution in [0.1, 0.15) is 0 Å². The average molecular weight is 797 g/mol. The maximum atomic E-state index is 10.7. The smallest absolute Gasteiger partial charge is 0.485 e. The highest BCUT2D eigenvalue weighted by atomic mass is 127. The van der Waals surface area contributed by atoms with Gasteiger partial charge in [0.2, 0.25) is 3.57 Å². The van der Waals surface area contributed by atoms with Crippen LogP contribution in [0.15, 0.2) is 78.9 Å². The minimum Gasteiger partial charge on any atom is -0.741 e. The third-order valence-corrected chi connectivity index (χ3v) is 18.0. The van der Waals surface area contributed by atoms with Crippen molar-refractivity contribution in [1.29, 1.82) is 0 Å². The molecule has 0 aromatic heterocycles. The van der Waals surface area contributed by atoms with Gasteiger partial charge in [-0.2, -0.15) is 13.2 Å². The highest BCUT2D eigenvalue weighted by Crippen LogP contribution is 2.28. The second-order valence-electron chi connectivity index (χ2n) is 14.5. The Labute approximate surface area is 278 Å². The third kappa shape index (κ3) is 8.28. The van der Waals surface area contributed by atoms with Crippen LogP contribution in [0.5, 0.6) is 0 Å². The summed E-state index contributed by atoms with van der Waals surface area (Å²) in [6.45, 7) is 22.6. The van der Waals surface area contributed by atoms with Gasteiger partial charge in [0.05, 0.1) is 24.2 Å². The van der Waals surface area contributed by atoms with Gasteiger partial charge in [0.15, 0.2) is 13.7 Å². The number of benzene rings is 5. The molecule has 0 saturated carbocycles. The van der Waals surface area contributed by atoms with E-state index in [1.807, 2.05) is 0 Å². The van der Waals surface area contributed by atoms with Crippen LogP contribution in [0.25, 0.3) is 32.3 Å². The highest BCUT2D eigenvalue weighted by molar-refractivity contribution is 7.86. The van der Waals surface area contributed by atoms with Gasteiger partial charge in [-0.1, -0.05) is 112 Å². The lowest BCUT2D eigenvalue weighted by Gasteiger charge is -2.28. The van der Waals surface area contributed by atoms with Crippen molar-refractivity contribution in [3.63, 3.8) is 0 Å². The van der Waals surface area contributed by atoms with Crippen LogP contribution in [0.3, 0.4) is 0 Å². The van der Waals surface area contributed by atoms with Crippen molar-refractivity contribution in [2.24, 2.45) is 0 Å². The quantitative estimate of drug-likeness (QED) is 0.0832. The molecule has 0 aliphatic heterocycles. The topological polar surface area (TPSA) is 57.2 Å². The molecule has 0 heterocycles. The van der Waals surface area contributed by atoms with Gasteiger partial charge >= 0.3 is 26.7 Å². The molecule has 0 N–H and O–H groups in total. The second-order valence-corrected chi connectivity index (χ2v) is 33.8. The number of halogens is 4. The average Bonchev–Trinajstić information content (AvgIpc) is 2.88. The van der Waals surface area contributed by atoms with E-state index in [-0.39, 0.29) is 21.2 Å². The van der Waals surface area contributed by atoms with Gasteiger partial charge in [-0.05, 0) is 68.5 Å². The predicted molar refractivity (Wildman–Crippen MR) is 187 cm³/mol. The van der Waals surface area contributed by atoms with Crippen LogP contribution in [0.4, 0.5) is 13.2 Å². The number of hydrogen-bond acceptors (Lipinski definition) is 3. The maximum absolute atomic E-state index is 10.7. The molecule has 0 saturated heterocycles. The van der Waals surface area contributed by atoms with Crippen LogP contribution in [-0.2, 0) is 10.1 Å². The van der Waals surface area contributed by atoms with Gasteiger partial charge < -0.3 is 4.55 Å². The Bertz CT molecular complexity index is 1990. The zero-order valence-electron chi connectivity index (χ0n) is 27.2. The molecule has 0 fully saturated rings. The van der Waals surface area contributed by atoms with Crippen LogP contribution < -0.4 is 36.8 Å². The Kier molecular flexibility index (Phi) is 9.97. The van der Waals surface area contributed by atoms with Crippen LogP contribution in [-0.4, -0.2) is 42.7 Å². The molecular weight excluding hydrogens is 757 g/mol. The van der Waals surface area contributed by atoms with E-state index >= 15 is 0 Å². The Morgan fingerprint density at radius 1 is 0.622 bits per heavy atom. The molecular formula is C34H40F3IO3SSi3. The summed E-state index contributed by atoms with van der Waals surface area (Å²) in [6, 6.07) is 31.0. The summed E-state index contributed by atoms with van der Waals surface area (Å²) in [6.07, 6.45) is 0. The highest BCUT2D eigenvalue weighted by Gasteiger charge is 2.38. The van der Waals surface area contributed by atoms with Crippen LogP contribution in [0, 0.1) is 7.14 Å². The predicted octanol–water partition coefficient (Wildman–Crippen LogP) is 4.96. The molecule has 0 atom stereocenters.